The second kappa shape index (κ2) is 6.12. The SMILES string of the molecule is Cc1nc(C(C)(C)C)[nH]c(=O)c1C(=O)Nc1ccc(Cl)cc1F. The summed E-state index contributed by atoms with van der Waals surface area (Å²) in [7, 11) is 0. The maximum Gasteiger partial charge on any atom is 0.264 e. The summed E-state index contributed by atoms with van der Waals surface area (Å²) in [6, 6.07) is 3.85. The third kappa shape index (κ3) is 3.76. The van der Waals surface area contributed by atoms with Crippen molar-refractivity contribution in [2.75, 3.05) is 5.32 Å². The summed E-state index contributed by atoms with van der Waals surface area (Å²) < 4.78 is 13.7. The van der Waals surface area contributed by atoms with Crippen LogP contribution in [0.1, 0.15) is 42.6 Å². The van der Waals surface area contributed by atoms with E-state index < -0.39 is 17.3 Å². The Balaban J connectivity index is 2.38. The molecule has 122 valence electrons. The van der Waals surface area contributed by atoms with Crippen molar-refractivity contribution < 1.29 is 9.18 Å². The van der Waals surface area contributed by atoms with Gasteiger partial charge in [-0.25, -0.2) is 9.37 Å². The first-order valence-corrected chi connectivity index (χ1v) is 7.35. The predicted octanol–water partition coefficient (Wildman–Crippen LogP) is 3.42. The monoisotopic (exact) mass is 337 g/mol. The smallest absolute Gasteiger partial charge is 0.264 e. The molecule has 0 unspecified atom stereocenters. The first kappa shape index (κ1) is 17.1. The molecule has 23 heavy (non-hydrogen) atoms. The predicted molar refractivity (Wildman–Crippen MR) is 87.7 cm³/mol. The van der Waals surface area contributed by atoms with Gasteiger partial charge in [-0.1, -0.05) is 32.4 Å². The van der Waals surface area contributed by atoms with Gasteiger partial charge in [0, 0.05) is 10.4 Å². The second-order valence-corrected chi connectivity index (χ2v) is 6.64. The van der Waals surface area contributed by atoms with Crippen LogP contribution in [-0.2, 0) is 5.41 Å². The second-order valence-electron chi connectivity index (χ2n) is 6.20. The van der Waals surface area contributed by atoms with Gasteiger partial charge in [-0.05, 0) is 25.1 Å². The molecule has 0 aliphatic heterocycles. The summed E-state index contributed by atoms with van der Waals surface area (Å²) in [5, 5.41) is 2.57. The van der Waals surface area contributed by atoms with Crippen LogP contribution in [-0.4, -0.2) is 15.9 Å². The van der Waals surface area contributed by atoms with Crippen LogP contribution in [0.4, 0.5) is 10.1 Å². The van der Waals surface area contributed by atoms with Gasteiger partial charge in [-0.2, -0.15) is 0 Å². The van der Waals surface area contributed by atoms with Gasteiger partial charge in [0.25, 0.3) is 11.5 Å². The number of amides is 1. The van der Waals surface area contributed by atoms with Crippen LogP contribution in [0.25, 0.3) is 0 Å². The van der Waals surface area contributed by atoms with Crippen LogP contribution in [0.15, 0.2) is 23.0 Å². The van der Waals surface area contributed by atoms with E-state index >= 15 is 0 Å². The Morgan fingerprint density at radius 1 is 1.35 bits per heavy atom. The Labute approximate surface area is 137 Å². The number of rotatable bonds is 2. The number of hydrogen-bond acceptors (Lipinski definition) is 3. The van der Waals surface area contributed by atoms with Gasteiger partial charge in [0.2, 0.25) is 0 Å². The van der Waals surface area contributed by atoms with Crippen molar-refractivity contribution in [2.24, 2.45) is 0 Å². The van der Waals surface area contributed by atoms with Gasteiger partial charge in [0.15, 0.2) is 0 Å². The molecule has 0 radical (unpaired) electrons. The summed E-state index contributed by atoms with van der Waals surface area (Å²) in [5.74, 6) is -0.925. The number of nitrogens with one attached hydrogen (secondary N) is 2. The quantitative estimate of drug-likeness (QED) is 0.881. The molecule has 0 spiro atoms. The van der Waals surface area contributed by atoms with Crippen LogP contribution in [0.5, 0.6) is 0 Å². The number of halogens is 2. The maximum atomic E-state index is 13.7. The van der Waals surface area contributed by atoms with Crippen LogP contribution in [0.2, 0.25) is 5.02 Å². The minimum atomic E-state index is -0.724. The van der Waals surface area contributed by atoms with Crippen LogP contribution < -0.4 is 10.9 Å². The van der Waals surface area contributed by atoms with E-state index in [1.165, 1.54) is 12.1 Å². The molecule has 0 aliphatic carbocycles. The number of H-pyrrole nitrogens is 1. The summed E-state index contributed by atoms with van der Waals surface area (Å²) in [4.78, 5) is 31.4. The van der Waals surface area contributed by atoms with Crippen LogP contribution >= 0.6 is 11.6 Å². The summed E-state index contributed by atoms with van der Waals surface area (Å²) in [6.07, 6.45) is 0. The molecule has 0 atom stereocenters. The lowest BCUT2D eigenvalue weighted by molar-refractivity contribution is 0.102. The van der Waals surface area contributed by atoms with Crippen LogP contribution in [0, 0.1) is 12.7 Å². The number of aromatic nitrogens is 2. The summed E-state index contributed by atoms with van der Waals surface area (Å²) in [6.45, 7) is 7.26. The number of carbonyl (C=O) groups is 1. The Morgan fingerprint density at radius 3 is 2.52 bits per heavy atom. The normalized spacial score (nSPS) is 11.4. The maximum absolute atomic E-state index is 13.7. The third-order valence-electron chi connectivity index (χ3n) is 3.22. The highest BCUT2D eigenvalue weighted by Gasteiger charge is 2.22. The molecular weight excluding hydrogens is 321 g/mol. The van der Waals surface area contributed by atoms with E-state index in [1.807, 2.05) is 20.8 Å². The van der Waals surface area contributed by atoms with Gasteiger partial charge in [0.1, 0.15) is 17.2 Å². The van der Waals surface area contributed by atoms with Crippen molar-refractivity contribution in [3.8, 4) is 0 Å². The number of hydrogen-bond donors (Lipinski definition) is 2. The van der Waals surface area contributed by atoms with Crippen LogP contribution in [0.3, 0.4) is 0 Å². The lowest BCUT2D eigenvalue weighted by Gasteiger charge is -2.18. The first-order valence-electron chi connectivity index (χ1n) is 6.97. The van der Waals surface area contributed by atoms with Gasteiger partial charge in [0.05, 0.1) is 11.4 Å². The van der Waals surface area contributed by atoms with E-state index in [-0.39, 0.29) is 27.4 Å². The van der Waals surface area contributed by atoms with Gasteiger partial charge < -0.3 is 10.3 Å². The van der Waals surface area contributed by atoms with Crippen molar-refractivity contribution in [1.82, 2.24) is 9.97 Å². The minimum absolute atomic E-state index is 0.0573. The molecule has 0 fully saturated rings. The largest absolute Gasteiger partial charge is 0.319 e. The molecule has 7 heteroatoms. The van der Waals surface area contributed by atoms with Crippen molar-refractivity contribution in [3.05, 3.63) is 56.5 Å². The zero-order valence-electron chi connectivity index (χ0n) is 13.3. The Hall–Kier alpha value is -2.21. The van der Waals surface area contributed by atoms with Crippen molar-refractivity contribution in [3.63, 3.8) is 0 Å². The molecule has 2 N–H and O–H groups in total. The number of aryl methyl sites for hydroxylation is 1. The van der Waals surface area contributed by atoms with E-state index in [0.717, 1.165) is 6.07 Å². The Bertz CT molecular complexity index is 825. The highest BCUT2D eigenvalue weighted by molar-refractivity contribution is 6.30. The van der Waals surface area contributed by atoms with Gasteiger partial charge in [-0.3, -0.25) is 9.59 Å². The van der Waals surface area contributed by atoms with E-state index in [9.17, 15) is 14.0 Å². The third-order valence-corrected chi connectivity index (χ3v) is 3.45. The molecule has 0 bridgehead atoms. The molecule has 1 aromatic carbocycles. The van der Waals surface area contributed by atoms with E-state index in [4.69, 9.17) is 11.6 Å². The summed E-state index contributed by atoms with van der Waals surface area (Å²) >= 11 is 5.66. The fourth-order valence-corrected chi connectivity index (χ4v) is 2.14. The van der Waals surface area contributed by atoms with Crippen molar-refractivity contribution >= 4 is 23.2 Å². The number of aromatic amines is 1. The number of anilines is 1. The Kier molecular flexibility index (Phi) is 4.56. The fourth-order valence-electron chi connectivity index (χ4n) is 1.98. The minimum Gasteiger partial charge on any atom is -0.319 e. The zero-order chi connectivity index (χ0) is 17.4. The lowest BCUT2D eigenvalue weighted by atomic mass is 9.95. The molecule has 1 heterocycles. The molecule has 2 aromatic rings. The highest BCUT2D eigenvalue weighted by atomic mass is 35.5. The lowest BCUT2D eigenvalue weighted by Crippen LogP contribution is -2.30. The van der Waals surface area contributed by atoms with Crippen molar-refractivity contribution in [1.29, 1.82) is 0 Å². The molecule has 0 saturated heterocycles. The molecule has 2 rings (SSSR count). The van der Waals surface area contributed by atoms with Gasteiger partial charge >= 0.3 is 0 Å². The molecule has 0 aliphatic rings. The van der Waals surface area contributed by atoms with Crippen molar-refractivity contribution in [2.45, 2.75) is 33.1 Å². The Morgan fingerprint density at radius 2 is 2.00 bits per heavy atom. The average molecular weight is 338 g/mol. The molecule has 5 nitrogen and oxygen atoms in total. The number of carbonyl (C=O) groups excluding carboxylic acids is 1. The number of nitrogens with zero attached hydrogens (tertiary/aromatic N) is 1. The topological polar surface area (TPSA) is 74.8 Å². The van der Waals surface area contributed by atoms with E-state index in [2.05, 4.69) is 15.3 Å². The molecule has 0 saturated carbocycles. The summed E-state index contributed by atoms with van der Waals surface area (Å²) in [5.41, 5.74) is -0.841. The highest BCUT2D eigenvalue weighted by Crippen LogP contribution is 2.20. The average Bonchev–Trinajstić information content (AvgIpc) is 2.40. The number of benzene rings is 1. The first-order chi connectivity index (χ1) is 10.6. The molecular formula is C16H17ClFN3O2. The van der Waals surface area contributed by atoms with E-state index in [1.54, 1.807) is 6.92 Å². The zero-order valence-corrected chi connectivity index (χ0v) is 14.0. The molecule has 1 amide bonds. The fraction of sp³-hybridized carbons (Fsp3) is 0.312. The molecule has 1 aromatic heterocycles. The van der Waals surface area contributed by atoms with Gasteiger partial charge in [-0.15, -0.1) is 0 Å². The van der Waals surface area contributed by atoms with E-state index in [0.29, 0.717) is 5.82 Å². The standard InChI is InChI=1S/C16H17ClFN3O2/c1-8-12(14(23)21-15(19-8)16(2,3)4)13(22)20-11-6-5-9(17)7-10(11)18/h5-7H,1-4H3,(H,20,22)(H,19,21,23).